The largest absolute Gasteiger partial charge is 0.291 e. The van der Waals surface area contributed by atoms with Gasteiger partial charge in [-0.25, -0.2) is 4.58 Å². The van der Waals surface area contributed by atoms with Crippen LogP contribution in [0.15, 0.2) is 0 Å². The lowest BCUT2D eigenvalue weighted by atomic mass is 9.95. The summed E-state index contributed by atoms with van der Waals surface area (Å²) in [6, 6.07) is 0.877. The Bertz CT molecular complexity index is 192. The number of hydrogen-bond donors (Lipinski definition) is 0. The summed E-state index contributed by atoms with van der Waals surface area (Å²) in [5.74, 6) is 0. The van der Waals surface area contributed by atoms with E-state index in [1.165, 1.54) is 45.2 Å². The van der Waals surface area contributed by atoms with Crippen molar-refractivity contribution in [3.8, 4) is 0 Å². The summed E-state index contributed by atoms with van der Waals surface area (Å²) >= 11 is 0. The van der Waals surface area contributed by atoms with Gasteiger partial charge in [0.15, 0.2) is 18.8 Å². The third-order valence-corrected chi connectivity index (χ3v) is 3.41. The van der Waals surface area contributed by atoms with Crippen molar-refractivity contribution in [2.45, 2.75) is 38.1 Å². The zero-order valence-electron chi connectivity index (χ0n) is 8.71. The minimum Gasteiger partial charge on any atom is -0.291 e. The first-order chi connectivity index (χ1) is 6.36. The molecule has 0 unspecified atom stereocenters. The molecule has 1 heterocycles. The molecule has 0 N–H and O–H groups in total. The van der Waals surface area contributed by atoms with Gasteiger partial charge in [-0.3, -0.25) is 4.90 Å². The predicted molar refractivity (Wildman–Crippen MR) is 55.6 cm³/mol. The molecule has 1 fully saturated rings. The highest BCUT2D eigenvalue weighted by Gasteiger charge is 2.25. The SMILES string of the molecule is CN1CC=[N+](C2CCCCC2)CC1. The van der Waals surface area contributed by atoms with Crippen molar-refractivity contribution >= 4 is 6.21 Å². The second-order valence-corrected chi connectivity index (χ2v) is 4.47. The van der Waals surface area contributed by atoms with Gasteiger partial charge in [0.1, 0.15) is 0 Å². The third-order valence-electron chi connectivity index (χ3n) is 3.41. The maximum absolute atomic E-state index is 2.60. The number of rotatable bonds is 1. The second kappa shape index (κ2) is 4.23. The zero-order valence-corrected chi connectivity index (χ0v) is 8.71. The van der Waals surface area contributed by atoms with Crippen LogP contribution in [0.25, 0.3) is 0 Å². The Balaban J connectivity index is 1.92. The molecule has 0 aromatic rings. The van der Waals surface area contributed by atoms with Crippen LogP contribution in [0.3, 0.4) is 0 Å². The quantitative estimate of drug-likeness (QED) is 0.553. The van der Waals surface area contributed by atoms with Crippen LogP contribution in [-0.2, 0) is 0 Å². The van der Waals surface area contributed by atoms with Gasteiger partial charge in [0.25, 0.3) is 0 Å². The minimum atomic E-state index is 0.877. The lowest BCUT2D eigenvalue weighted by Crippen LogP contribution is -2.42. The fourth-order valence-electron chi connectivity index (χ4n) is 2.46. The Morgan fingerprint density at radius 2 is 2.00 bits per heavy atom. The fraction of sp³-hybridized carbons (Fsp3) is 0.909. The summed E-state index contributed by atoms with van der Waals surface area (Å²) in [5, 5.41) is 0. The highest BCUT2D eigenvalue weighted by Crippen LogP contribution is 2.20. The van der Waals surface area contributed by atoms with E-state index in [4.69, 9.17) is 0 Å². The van der Waals surface area contributed by atoms with Gasteiger partial charge < -0.3 is 0 Å². The van der Waals surface area contributed by atoms with Gasteiger partial charge in [-0.05, 0) is 19.9 Å². The van der Waals surface area contributed by atoms with Crippen LogP contribution in [-0.4, -0.2) is 48.4 Å². The normalized spacial score (nSPS) is 27.3. The first-order valence-corrected chi connectivity index (χ1v) is 5.64. The minimum absolute atomic E-state index is 0.877. The monoisotopic (exact) mass is 181 g/mol. The van der Waals surface area contributed by atoms with Crippen LogP contribution >= 0.6 is 0 Å². The van der Waals surface area contributed by atoms with E-state index in [0.29, 0.717) is 0 Å². The Kier molecular flexibility index (Phi) is 2.99. The molecular weight excluding hydrogens is 160 g/mol. The average molecular weight is 181 g/mol. The van der Waals surface area contributed by atoms with E-state index in [9.17, 15) is 0 Å². The van der Waals surface area contributed by atoms with E-state index in [1.807, 2.05) is 0 Å². The zero-order chi connectivity index (χ0) is 9.10. The summed E-state index contributed by atoms with van der Waals surface area (Å²) in [7, 11) is 2.20. The topological polar surface area (TPSA) is 6.25 Å². The molecule has 74 valence electrons. The predicted octanol–water partition coefficient (Wildman–Crippen LogP) is 1.35. The van der Waals surface area contributed by atoms with Gasteiger partial charge in [-0.15, -0.1) is 0 Å². The van der Waals surface area contributed by atoms with E-state index >= 15 is 0 Å². The van der Waals surface area contributed by atoms with Crippen molar-refractivity contribution in [1.29, 1.82) is 0 Å². The summed E-state index contributed by atoms with van der Waals surface area (Å²) in [4.78, 5) is 2.39. The molecule has 13 heavy (non-hydrogen) atoms. The maximum Gasteiger partial charge on any atom is 0.155 e. The molecular formula is C11H21N2+. The van der Waals surface area contributed by atoms with Crippen molar-refractivity contribution in [2.75, 3.05) is 26.7 Å². The smallest absolute Gasteiger partial charge is 0.155 e. The molecule has 0 amide bonds. The molecule has 0 bridgehead atoms. The standard InChI is InChI=1S/C11H21N2/c1-12-7-9-13(10-8-12)11-5-3-2-4-6-11/h9,11H,2-8,10H2,1H3/q+1. The molecule has 1 aliphatic heterocycles. The van der Waals surface area contributed by atoms with Crippen LogP contribution < -0.4 is 0 Å². The Hall–Kier alpha value is -0.370. The lowest BCUT2D eigenvalue weighted by molar-refractivity contribution is -0.570. The molecule has 2 rings (SSSR count). The van der Waals surface area contributed by atoms with E-state index in [-0.39, 0.29) is 0 Å². The Morgan fingerprint density at radius 1 is 1.23 bits per heavy atom. The van der Waals surface area contributed by atoms with Crippen molar-refractivity contribution in [1.82, 2.24) is 4.90 Å². The van der Waals surface area contributed by atoms with Gasteiger partial charge in [0.05, 0.1) is 13.1 Å². The first-order valence-electron chi connectivity index (χ1n) is 5.64. The van der Waals surface area contributed by atoms with E-state index < -0.39 is 0 Å². The number of nitrogens with zero attached hydrogens (tertiary/aromatic N) is 2. The average Bonchev–Trinajstić information content (AvgIpc) is 2.20. The highest BCUT2D eigenvalue weighted by molar-refractivity contribution is 5.54. The van der Waals surface area contributed by atoms with Crippen LogP contribution in [0.2, 0.25) is 0 Å². The fourth-order valence-corrected chi connectivity index (χ4v) is 2.46. The molecule has 2 aliphatic rings. The van der Waals surface area contributed by atoms with Crippen LogP contribution in [0.5, 0.6) is 0 Å². The van der Waals surface area contributed by atoms with E-state index in [2.05, 4.69) is 22.7 Å². The third kappa shape index (κ3) is 2.31. The van der Waals surface area contributed by atoms with E-state index in [0.717, 1.165) is 12.6 Å². The van der Waals surface area contributed by atoms with Crippen LogP contribution in [0.1, 0.15) is 32.1 Å². The molecule has 0 atom stereocenters. The Morgan fingerprint density at radius 3 is 2.62 bits per heavy atom. The summed E-state index contributed by atoms with van der Waals surface area (Å²) in [6.07, 6.45) is 9.62. The molecule has 0 spiro atoms. The second-order valence-electron chi connectivity index (χ2n) is 4.47. The Labute approximate surface area is 81.2 Å². The van der Waals surface area contributed by atoms with Crippen LogP contribution in [0.4, 0.5) is 0 Å². The van der Waals surface area contributed by atoms with Crippen LogP contribution in [0, 0.1) is 0 Å². The molecule has 0 radical (unpaired) electrons. The first kappa shape index (κ1) is 9.20. The molecule has 2 nitrogen and oxygen atoms in total. The maximum atomic E-state index is 2.60. The summed E-state index contributed by atoms with van der Waals surface area (Å²) < 4.78 is 2.60. The van der Waals surface area contributed by atoms with Gasteiger partial charge in [-0.1, -0.05) is 6.42 Å². The number of hydrogen-bond acceptors (Lipinski definition) is 1. The van der Waals surface area contributed by atoms with Gasteiger partial charge in [-0.2, -0.15) is 0 Å². The lowest BCUT2D eigenvalue weighted by Gasteiger charge is -2.25. The van der Waals surface area contributed by atoms with Gasteiger partial charge in [0.2, 0.25) is 0 Å². The van der Waals surface area contributed by atoms with Crippen molar-refractivity contribution in [3.63, 3.8) is 0 Å². The molecule has 0 aromatic carbocycles. The summed E-state index contributed by atoms with van der Waals surface area (Å²) in [6.45, 7) is 3.64. The molecule has 1 aliphatic carbocycles. The summed E-state index contributed by atoms with van der Waals surface area (Å²) in [5.41, 5.74) is 0. The molecule has 0 aromatic heterocycles. The van der Waals surface area contributed by atoms with E-state index in [1.54, 1.807) is 0 Å². The van der Waals surface area contributed by atoms with Gasteiger partial charge in [0, 0.05) is 12.8 Å². The molecule has 1 saturated carbocycles. The highest BCUT2D eigenvalue weighted by atomic mass is 15.2. The van der Waals surface area contributed by atoms with Gasteiger partial charge >= 0.3 is 0 Å². The van der Waals surface area contributed by atoms with Crippen molar-refractivity contribution in [2.24, 2.45) is 0 Å². The van der Waals surface area contributed by atoms with Crippen molar-refractivity contribution in [3.05, 3.63) is 0 Å². The molecule has 0 saturated heterocycles. The van der Waals surface area contributed by atoms with Crippen molar-refractivity contribution < 1.29 is 4.58 Å². The molecule has 2 heteroatoms. The number of likely N-dealkylation sites (N-methyl/N-ethyl adjacent to an activating group) is 1.